The van der Waals surface area contributed by atoms with Crippen LogP contribution >= 0.6 is 11.8 Å². The average molecular weight is 303 g/mol. The summed E-state index contributed by atoms with van der Waals surface area (Å²) in [4.78, 5) is 30.3. The van der Waals surface area contributed by atoms with Crippen molar-refractivity contribution in [3.8, 4) is 0 Å². The smallest absolute Gasteiger partial charge is 0.317 e. The number of carbonyl (C=O) groups is 1. The summed E-state index contributed by atoms with van der Waals surface area (Å²) in [6.07, 6.45) is 0. The fourth-order valence-corrected chi connectivity index (χ4v) is 3.54. The molecule has 1 aliphatic heterocycles. The number of aliphatic carboxylic acids is 1. The summed E-state index contributed by atoms with van der Waals surface area (Å²) in [6.45, 7) is 1.73. The Morgan fingerprint density at radius 1 is 1.38 bits per heavy atom. The van der Waals surface area contributed by atoms with Crippen molar-refractivity contribution < 1.29 is 9.90 Å². The molecule has 1 aliphatic rings. The van der Waals surface area contributed by atoms with Crippen molar-refractivity contribution in [3.05, 3.63) is 46.2 Å². The Morgan fingerprint density at radius 3 is 2.76 bits per heavy atom. The van der Waals surface area contributed by atoms with Crippen LogP contribution in [0.4, 0.5) is 11.6 Å². The van der Waals surface area contributed by atoms with Crippen LogP contribution in [0.1, 0.15) is 18.4 Å². The van der Waals surface area contributed by atoms with E-state index < -0.39 is 11.2 Å². The third-order valence-corrected chi connectivity index (χ3v) is 4.75. The van der Waals surface area contributed by atoms with E-state index in [2.05, 4.69) is 15.3 Å². The summed E-state index contributed by atoms with van der Waals surface area (Å²) < 4.78 is 0. The molecule has 108 valence electrons. The largest absolute Gasteiger partial charge is 0.480 e. The Bertz CT molecular complexity index is 745. The number of nitrogens with one attached hydrogen (secondary N) is 2. The lowest BCUT2D eigenvalue weighted by atomic mass is 10.0. The molecule has 7 heteroatoms. The fraction of sp³-hybridized carbons (Fsp3) is 0.214. The van der Waals surface area contributed by atoms with Crippen LogP contribution in [0.3, 0.4) is 0 Å². The topological polar surface area (TPSA) is 95.1 Å². The number of aromatic nitrogens is 2. The third kappa shape index (κ3) is 2.52. The van der Waals surface area contributed by atoms with E-state index in [0.717, 1.165) is 17.4 Å². The molecular formula is C14H13N3O3S. The predicted octanol–water partition coefficient (Wildman–Crippen LogP) is 2.18. The third-order valence-electron chi connectivity index (χ3n) is 3.35. The summed E-state index contributed by atoms with van der Waals surface area (Å²) in [6, 6.07) is 9.32. The number of aromatic amines is 1. The number of thioether (sulfide) groups is 1. The number of carboxylic acids is 1. The van der Waals surface area contributed by atoms with Gasteiger partial charge in [0.1, 0.15) is 10.3 Å². The van der Waals surface area contributed by atoms with E-state index in [1.807, 2.05) is 30.3 Å². The van der Waals surface area contributed by atoms with Gasteiger partial charge in [-0.15, -0.1) is 0 Å². The van der Waals surface area contributed by atoms with Gasteiger partial charge in [-0.1, -0.05) is 36.9 Å². The van der Waals surface area contributed by atoms with E-state index in [9.17, 15) is 14.7 Å². The first-order valence-corrected chi connectivity index (χ1v) is 7.30. The van der Waals surface area contributed by atoms with Crippen molar-refractivity contribution >= 4 is 29.4 Å². The highest BCUT2D eigenvalue weighted by Crippen LogP contribution is 2.42. The lowest BCUT2D eigenvalue weighted by molar-refractivity contribution is -0.136. The second kappa shape index (κ2) is 5.25. The van der Waals surface area contributed by atoms with Crippen molar-refractivity contribution in [1.82, 2.24) is 9.97 Å². The molecule has 0 saturated heterocycles. The maximum atomic E-state index is 12.2. The SMILES string of the molecule is CC1c2c(nc(Nc3ccccc3)[nH]c2=O)SC1C(=O)O. The first-order chi connectivity index (χ1) is 10.1. The van der Waals surface area contributed by atoms with Gasteiger partial charge in [-0.2, -0.15) is 0 Å². The Labute approximate surface area is 124 Å². The minimum atomic E-state index is -0.928. The number of hydrogen-bond acceptors (Lipinski definition) is 5. The molecule has 2 unspecified atom stereocenters. The summed E-state index contributed by atoms with van der Waals surface area (Å²) in [5.41, 5.74) is 0.958. The fourth-order valence-electron chi connectivity index (χ4n) is 2.31. The van der Waals surface area contributed by atoms with Gasteiger partial charge in [-0.05, 0) is 12.1 Å². The minimum absolute atomic E-state index is 0.290. The van der Waals surface area contributed by atoms with Crippen LogP contribution in [0.5, 0.6) is 0 Å². The van der Waals surface area contributed by atoms with Crippen molar-refractivity contribution in [2.75, 3.05) is 5.32 Å². The lowest BCUT2D eigenvalue weighted by Crippen LogP contribution is -2.23. The average Bonchev–Trinajstić information content (AvgIpc) is 2.77. The van der Waals surface area contributed by atoms with E-state index in [1.54, 1.807) is 6.92 Å². The predicted molar refractivity (Wildman–Crippen MR) is 80.3 cm³/mol. The number of para-hydroxylation sites is 1. The molecular weight excluding hydrogens is 290 g/mol. The van der Waals surface area contributed by atoms with E-state index in [1.165, 1.54) is 0 Å². The van der Waals surface area contributed by atoms with Crippen molar-refractivity contribution in [2.45, 2.75) is 23.1 Å². The standard InChI is InChI=1S/C14H13N3O3S/c1-7-9-11(18)16-14(15-8-5-3-2-4-6-8)17-12(9)21-10(7)13(19)20/h2-7,10H,1H3,(H,19,20)(H2,15,16,17,18). The summed E-state index contributed by atoms with van der Waals surface area (Å²) in [7, 11) is 0. The molecule has 0 saturated carbocycles. The Kier molecular flexibility index (Phi) is 3.42. The summed E-state index contributed by atoms with van der Waals surface area (Å²) >= 11 is 1.12. The Morgan fingerprint density at radius 2 is 2.10 bits per heavy atom. The zero-order valence-electron chi connectivity index (χ0n) is 11.2. The quantitative estimate of drug-likeness (QED) is 0.752. The van der Waals surface area contributed by atoms with Crippen molar-refractivity contribution in [3.63, 3.8) is 0 Å². The van der Waals surface area contributed by atoms with Crippen LogP contribution in [0.15, 0.2) is 40.2 Å². The van der Waals surface area contributed by atoms with Crippen LogP contribution in [0, 0.1) is 0 Å². The molecule has 3 N–H and O–H groups in total. The number of carboxylic acid groups (broad SMARTS) is 1. The van der Waals surface area contributed by atoms with Crippen molar-refractivity contribution in [2.24, 2.45) is 0 Å². The molecule has 2 aromatic rings. The first kappa shape index (κ1) is 13.7. The van der Waals surface area contributed by atoms with Gasteiger partial charge in [0.05, 0.1) is 5.56 Å². The van der Waals surface area contributed by atoms with Gasteiger partial charge in [0.15, 0.2) is 0 Å². The van der Waals surface area contributed by atoms with E-state index in [-0.39, 0.29) is 11.5 Å². The Balaban J connectivity index is 1.95. The van der Waals surface area contributed by atoms with Crippen LogP contribution in [0.2, 0.25) is 0 Å². The molecule has 3 rings (SSSR count). The monoisotopic (exact) mass is 303 g/mol. The number of benzene rings is 1. The molecule has 0 aliphatic carbocycles. The number of rotatable bonds is 3. The summed E-state index contributed by atoms with van der Waals surface area (Å²) in [5.74, 6) is -0.970. The normalized spacial score (nSPS) is 20.0. The van der Waals surface area contributed by atoms with Crippen LogP contribution in [0.25, 0.3) is 0 Å². The molecule has 6 nitrogen and oxygen atoms in total. The van der Waals surface area contributed by atoms with Gasteiger partial charge in [0.25, 0.3) is 5.56 Å². The molecule has 1 aromatic heterocycles. The molecule has 2 atom stereocenters. The lowest BCUT2D eigenvalue weighted by Gasteiger charge is -2.08. The molecule has 1 aromatic carbocycles. The molecule has 0 bridgehead atoms. The number of hydrogen-bond donors (Lipinski definition) is 3. The van der Waals surface area contributed by atoms with Crippen LogP contribution in [-0.2, 0) is 4.79 Å². The summed E-state index contributed by atoms with van der Waals surface area (Å²) in [5, 5.41) is 12.0. The maximum absolute atomic E-state index is 12.2. The van der Waals surface area contributed by atoms with Gasteiger partial charge in [-0.25, -0.2) is 4.98 Å². The van der Waals surface area contributed by atoms with Gasteiger partial charge in [0, 0.05) is 11.6 Å². The van der Waals surface area contributed by atoms with Gasteiger partial charge in [0.2, 0.25) is 5.95 Å². The molecule has 2 heterocycles. The molecule has 0 radical (unpaired) electrons. The molecule has 0 amide bonds. The van der Waals surface area contributed by atoms with Crippen LogP contribution in [-0.4, -0.2) is 26.3 Å². The Hall–Kier alpha value is -2.28. The second-order valence-corrected chi connectivity index (χ2v) is 5.92. The van der Waals surface area contributed by atoms with Crippen LogP contribution < -0.4 is 10.9 Å². The highest BCUT2D eigenvalue weighted by atomic mass is 32.2. The number of nitrogens with zero attached hydrogens (tertiary/aromatic N) is 1. The highest BCUT2D eigenvalue weighted by Gasteiger charge is 2.38. The zero-order chi connectivity index (χ0) is 15.0. The van der Waals surface area contributed by atoms with Gasteiger partial charge < -0.3 is 10.4 Å². The molecule has 0 fully saturated rings. The minimum Gasteiger partial charge on any atom is -0.480 e. The van der Waals surface area contributed by atoms with Gasteiger partial charge in [-0.3, -0.25) is 14.6 Å². The first-order valence-electron chi connectivity index (χ1n) is 6.42. The zero-order valence-corrected chi connectivity index (χ0v) is 12.0. The van der Waals surface area contributed by atoms with E-state index in [4.69, 9.17) is 0 Å². The number of anilines is 2. The molecule has 0 spiro atoms. The van der Waals surface area contributed by atoms with Crippen molar-refractivity contribution in [1.29, 1.82) is 0 Å². The molecule has 21 heavy (non-hydrogen) atoms. The van der Waals surface area contributed by atoms with E-state index >= 15 is 0 Å². The number of fused-ring (bicyclic) bond motifs is 1. The second-order valence-electron chi connectivity index (χ2n) is 4.79. The highest BCUT2D eigenvalue weighted by molar-refractivity contribution is 8.00. The maximum Gasteiger partial charge on any atom is 0.317 e. The van der Waals surface area contributed by atoms with E-state index in [0.29, 0.717) is 16.5 Å². The van der Waals surface area contributed by atoms with Gasteiger partial charge >= 0.3 is 5.97 Å². The number of H-pyrrole nitrogens is 1.